The molecule has 0 aliphatic rings. The smallest absolute Gasteiger partial charge is 0.412 e. The lowest BCUT2D eigenvalue weighted by Gasteiger charge is -2.22. The highest BCUT2D eigenvalue weighted by atomic mass is 16.6. The van der Waals surface area contributed by atoms with Crippen LogP contribution in [0.1, 0.15) is 101 Å². The first-order chi connectivity index (χ1) is 37.9. The van der Waals surface area contributed by atoms with Crippen molar-refractivity contribution in [2.24, 2.45) is 5.73 Å². The topological polar surface area (TPSA) is 302 Å². The minimum atomic E-state index is -1.22. The molecule has 0 unspecified atom stereocenters. The fourth-order valence-corrected chi connectivity index (χ4v) is 7.67. The Morgan fingerprint density at radius 2 is 0.861 bits per heavy atom. The first-order valence-electron chi connectivity index (χ1n) is 25.3. The number of nitrogens with one attached hydrogen (secondary N) is 7. The molecule has 0 saturated heterocycles. The Labute approximate surface area is 458 Å². The quantitative estimate of drug-likeness (QED) is 0.0184. The predicted octanol–water partition coefficient (Wildman–Crippen LogP) is 7.83. The third kappa shape index (κ3) is 20.3. The van der Waals surface area contributed by atoms with Crippen LogP contribution >= 0.6 is 0 Å². The third-order valence-electron chi connectivity index (χ3n) is 11.6. The van der Waals surface area contributed by atoms with Crippen LogP contribution in [0.2, 0.25) is 0 Å². The van der Waals surface area contributed by atoms with Crippen LogP contribution in [0.15, 0.2) is 115 Å². The van der Waals surface area contributed by atoms with Crippen LogP contribution in [-0.2, 0) is 37.0 Å². The van der Waals surface area contributed by atoms with Gasteiger partial charge in [0.05, 0.1) is 38.0 Å². The zero-order chi connectivity index (χ0) is 57.3. The van der Waals surface area contributed by atoms with Crippen molar-refractivity contribution in [3.8, 4) is 17.2 Å². The molecule has 5 aromatic carbocycles. The number of primary amides is 1. The summed E-state index contributed by atoms with van der Waals surface area (Å²) in [5.41, 5.74) is 6.81. The maximum atomic E-state index is 14.3. The Hall–Kier alpha value is -9.34. The summed E-state index contributed by atoms with van der Waals surface area (Å²) in [6.45, 7) is 5.63. The first kappa shape index (κ1) is 60.5. The van der Waals surface area contributed by atoms with Gasteiger partial charge in [-0.05, 0) is 125 Å². The maximum absolute atomic E-state index is 14.3. The number of benzene rings is 5. The number of hydrogen-bond acceptors (Lipinski definition) is 14. The number of carbonyl (C=O) groups is 8. The average molecular weight is 1090 g/mol. The molecular weight excluding hydrogens is 1020 g/mol. The van der Waals surface area contributed by atoms with E-state index in [4.69, 9.17) is 34.2 Å². The molecule has 5 rings (SSSR count). The second kappa shape index (κ2) is 30.4. The molecule has 0 radical (unpaired) electrons. The molecule has 8 amide bonds. The van der Waals surface area contributed by atoms with E-state index in [0.29, 0.717) is 25.7 Å². The maximum Gasteiger partial charge on any atom is 0.412 e. The van der Waals surface area contributed by atoms with Gasteiger partial charge in [-0.3, -0.25) is 29.3 Å². The summed E-state index contributed by atoms with van der Waals surface area (Å²) in [5.74, 6) is -3.24. The molecule has 0 spiro atoms. The largest absolute Gasteiger partial charge is 0.496 e. The molecule has 0 aliphatic heterocycles. The fraction of sp³-hybridized carbons (Fsp3) is 0.333. The van der Waals surface area contributed by atoms with Crippen LogP contribution in [0.3, 0.4) is 0 Å². The van der Waals surface area contributed by atoms with Gasteiger partial charge in [0.25, 0.3) is 17.7 Å². The van der Waals surface area contributed by atoms with Crippen molar-refractivity contribution in [2.45, 2.75) is 90.2 Å². The molecular formula is C57H68N8O14. The van der Waals surface area contributed by atoms with Crippen molar-refractivity contribution in [3.05, 3.63) is 143 Å². The molecule has 22 nitrogen and oxygen atoms in total. The van der Waals surface area contributed by atoms with Crippen LogP contribution in [0.5, 0.6) is 17.2 Å². The summed E-state index contributed by atoms with van der Waals surface area (Å²) in [5, 5.41) is 19.0. The third-order valence-corrected chi connectivity index (χ3v) is 11.6. The highest BCUT2D eigenvalue weighted by Crippen LogP contribution is 2.27. The van der Waals surface area contributed by atoms with Crippen molar-refractivity contribution < 1.29 is 66.8 Å². The van der Waals surface area contributed by atoms with Crippen molar-refractivity contribution in [2.75, 3.05) is 50.4 Å². The van der Waals surface area contributed by atoms with Crippen LogP contribution < -0.4 is 57.2 Å². The van der Waals surface area contributed by atoms with E-state index >= 15 is 0 Å². The van der Waals surface area contributed by atoms with Crippen LogP contribution in [0.25, 0.3) is 0 Å². The summed E-state index contributed by atoms with van der Waals surface area (Å²) >= 11 is 0. The molecule has 79 heavy (non-hydrogen) atoms. The number of ether oxygens (including phenoxy) is 6. The summed E-state index contributed by atoms with van der Waals surface area (Å²) in [6.07, 6.45) is -0.466. The van der Waals surface area contributed by atoms with E-state index in [1.807, 2.05) is 60.7 Å². The zero-order valence-corrected chi connectivity index (χ0v) is 45.0. The Morgan fingerprint density at radius 3 is 1.24 bits per heavy atom. The summed E-state index contributed by atoms with van der Waals surface area (Å²) in [4.78, 5) is 106. The number of hydrogen-bond donors (Lipinski definition) is 8. The number of anilines is 3. The summed E-state index contributed by atoms with van der Waals surface area (Å²) < 4.78 is 32.2. The molecule has 0 aromatic heterocycles. The van der Waals surface area contributed by atoms with Crippen LogP contribution in [-0.4, -0.2) is 99.9 Å². The van der Waals surface area contributed by atoms with Gasteiger partial charge in [-0.1, -0.05) is 60.7 Å². The zero-order valence-electron chi connectivity index (χ0n) is 45.0. The van der Waals surface area contributed by atoms with E-state index in [2.05, 4.69) is 37.2 Å². The van der Waals surface area contributed by atoms with Crippen molar-refractivity contribution in [1.82, 2.24) is 21.3 Å². The van der Waals surface area contributed by atoms with Crippen LogP contribution in [0.4, 0.5) is 31.4 Å². The van der Waals surface area contributed by atoms with Gasteiger partial charge in [0.2, 0.25) is 11.8 Å². The lowest BCUT2D eigenvalue weighted by atomic mass is 10.1. The monoisotopic (exact) mass is 1090 g/mol. The number of methoxy groups -OCH3 is 3. The van der Waals surface area contributed by atoms with Gasteiger partial charge in [0.15, 0.2) is 0 Å². The Bertz CT molecular complexity index is 2900. The molecule has 0 bridgehead atoms. The lowest BCUT2D eigenvalue weighted by Crippen LogP contribution is -2.44. The molecule has 0 fully saturated rings. The number of rotatable bonds is 27. The Kier molecular flexibility index (Phi) is 23.3. The summed E-state index contributed by atoms with van der Waals surface area (Å²) in [6, 6.07) is 28.8. The molecule has 9 N–H and O–H groups in total. The van der Waals surface area contributed by atoms with E-state index in [-0.39, 0.29) is 90.1 Å². The number of amides is 8. The van der Waals surface area contributed by atoms with Gasteiger partial charge in [0, 0.05) is 30.2 Å². The van der Waals surface area contributed by atoms with Crippen molar-refractivity contribution in [3.63, 3.8) is 0 Å². The molecule has 2 atom stereocenters. The molecule has 0 saturated carbocycles. The fourth-order valence-electron chi connectivity index (χ4n) is 7.67. The highest BCUT2D eigenvalue weighted by molar-refractivity contribution is 6.06. The number of unbranched alkanes of at least 4 members (excludes halogenated alkanes) is 2. The first-order valence-corrected chi connectivity index (χ1v) is 25.3. The normalized spacial score (nSPS) is 11.5. The van der Waals surface area contributed by atoms with E-state index in [1.165, 1.54) is 75.9 Å². The van der Waals surface area contributed by atoms with E-state index in [1.54, 1.807) is 20.8 Å². The van der Waals surface area contributed by atoms with Gasteiger partial charge in [-0.15, -0.1) is 0 Å². The lowest BCUT2D eigenvalue weighted by molar-refractivity contribution is -0.118. The molecule has 22 heteroatoms. The van der Waals surface area contributed by atoms with Crippen molar-refractivity contribution in [1.29, 1.82) is 0 Å². The molecule has 0 heterocycles. The summed E-state index contributed by atoms with van der Waals surface area (Å²) in [7, 11) is 4.05. The van der Waals surface area contributed by atoms with Gasteiger partial charge < -0.3 is 66.1 Å². The minimum absolute atomic E-state index is 0.00629. The number of nitrogens with two attached hydrogens (primary N) is 1. The van der Waals surface area contributed by atoms with Gasteiger partial charge >= 0.3 is 18.3 Å². The Balaban J connectivity index is 1.32. The molecule has 420 valence electrons. The second-order valence-electron chi connectivity index (χ2n) is 18.7. The Morgan fingerprint density at radius 1 is 0.481 bits per heavy atom. The molecule has 0 aliphatic carbocycles. The van der Waals surface area contributed by atoms with Gasteiger partial charge in [-0.25, -0.2) is 14.4 Å². The van der Waals surface area contributed by atoms with Crippen molar-refractivity contribution >= 4 is 64.9 Å². The van der Waals surface area contributed by atoms with E-state index in [9.17, 15) is 38.4 Å². The second-order valence-corrected chi connectivity index (χ2v) is 18.7. The number of alkyl carbamates (subject to hydrolysis) is 2. The van der Waals surface area contributed by atoms with E-state index in [0.717, 1.165) is 11.1 Å². The average Bonchev–Trinajstić information content (AvgIpc) is 3.44. The van der Waals surface area contributed by atoms with E-state index < -0.39 is 65.5 Å². The highest BCUT2D eigenvalue weighted by Gasteiger charge is 2.27. The predicted molar refractivity (Wildman–Crippen MR) is 294 cm³/mol. The van der Waals surface area contributed by atoms with Crippen LogP contribution in [0, 0.1) is 0 Å². The molecule has 5 aromatic rings. The minimum Gasteiger partial charge on any atom is -0.496 e. The SMILES string of the molecule is COc1ccc(NC(=O)[C@H](CCCCNC(=O)OCc2ccccc2)NC(=O)c2cc(NC(=O)[C@H](CCCCNC(=O)OCc3ccccc3)NC(=O)c3cc(NC(=O)OC(C)(C)C)ccc3OC)ccc2OC)cc1C(N)=O. The number of carbonyl (C=O) groups excluding carboxylic acids is 8. The van der Waals surface area contributed by atoms with Gasteiger partial charge in [0.1, 0.15) is 48.1 Å². The van der Waals surface area contributed by atoms with Gasteiger partial charge in [-0.2, -0.15) is 0 Å². The standard InChI is InChI=1S/C57H68N8O14/c1-57(2,3)79-56(73)63-40-25-28-48(76-6)43(33-40)51(68)65-45(22-14-16-30-60-55(72)78-35-37-19-11-8-12-20-37)53(70)62-39-24-27-47(75-5)42(32-39)50(67)64-44(52(69)61-38-23-26-46(74-4)41(31-38)49(58)66)21-13-15-29-59-54(71)77-34-36-17-9-7-10-18-36/h7-12,17-20,23-28,31-33,44-45H,13-16,21-22,29-30,34-35H2,1-6H3,(H2,58,66)(H,59,71)(H,60,72)(H,61,69)(H,62,70)(H,63,73)(H,64,67)(H,65,68)/t44-,45-/m0/s1.